The number of para-hydroxylation sites is 1. The van der Waals surface area contributed by atoms with E-state index in [-0.39, 0.29) is 17.0 Å². The number of pyridine rings is 1. The molecule has 178 valence electrons. The Morgan fingerprint density at radius 2 is 1.74 bits per heavy atom. The summed E-state index contributed by atoms with van der Waals surface area (Å²) in [4.78, 5) is 16.9. The van der Waals surface area contributed by atoms with E-state index < -0.39 is 16.1 Å². The zero-order chi connectivity index (χ0) is 24.3. The smallest absolute Gasteiger partial charge is 0.323 e. The lowest BCUT2D eigenvalue weighted by Crippen LogP contribution is -2.25. The fraction of sp³-hybridized carbons (Fsp3) is 0.280. The van der Waals surface area contributed by atoms with Gasteiger partial charge in [-0.1, -0.05) is 39.0 Å². The summed E-state index contributed by atoms with van der Waals surface area (Å²) < 4.78 is 31.7. The van der Waals surface area contributed by atoms with Gasteiger partial charge in [-0.05, 0) is 54.3 Å². The van der Waals surface area contributed by atoms with Crippen molar-refractivity contribution in [3.05, 3.63) is 72.4 Å². The summed E-state index contributed by atoms with van der Waals surface area (Å²) in [5, 5.41) is 5.53. The molecule has 0 bridgehead atoms. The minimum absolute atomic E-state index is 0.128. The summed E-state index contributed by atoms with van der Waals surface area (Å²) in [6.07, 6.45) is 2.21. The lowest BCUT2D eigenvalue weighted by Gasteiger charge is -2.22. The normalized spacial score (nSPS) is 15.1. The van der Waals surface area contributed by atoms with Gasteiger partial charge >= 0.3 is 6.03 Å². The number of amides is 2. The molecule has 2 amide bonds. The third-order valence-electron chi connectivity index (χ3n) is 5.43. The van der Waals surface area contributed by atoms with E-state index in [0.29, 0.717) is 35.8 Å². The quantitative estimate of drug-likeness (QED) is 0.512. The number of aromatic nitrogens is 1. The van der Waals surface area contributed by atoms with Crippen LogP contribution in [0.2, 0.25) is 0 Å². The molecule has 1 aliphatic rings. The van der Waals surface area contributed by atoms with Crippen LogP contribution in [0.4, 0.5) is 21.9 Å². The molecule has 9 heteroatoms. The topological polar surface area (TPSA) is 101 Å². The summed E-state index contributed by atoms with van der Waals surface area (Å²) in [5.41, 5.74) is 2.43. The number of urea groups is 1. The minimum atomic E-state index is -3.25. The highest BCUT2D eigenvalue weighted by Gasteiger charge is 2.28. The molecule has 8 nitrogen and oxygen atoms in total. The second kappa shape index (κ2) is 9.34. The number of hydrogen-bond acceptors (Lipinski definition) is 5. The molecule has 0 atom stereocenters. The predicted molar refractivity (Wildman–Crippen MR) is 134 cm³/mol. The van der Waals surface area contributed by atoms with E-state index in [1.807, 2.05) is 24.3 Å². The van der Waals surface area contributed by atoms with E-state index in [0.717, 1.165) is 5.56 Å². The Hall–Kier alpha value is -3.59. The number of sulfonamides is 1. The third-order valence-corrected chi connectivity index (χ3v) is 7.30. The Bertz CT molecular complexity index is 1280. The van der Waals surface area contributed by atoms with E-state index in [9.17, 15) is 13.2 Å². The molecule has 0 saturated carbocycles. The number of carbonyl (C=O) groups excluding carboxylic acids is 1. The van der Waals surface area contributed by atoms with Crippen molar-refractivity contribution in [2.24, 2.45) is 0 Å². The van der Waals surface area contributed by atoms with Gasteiger partial charge in [0.05, 0.1) is 11.4 Å². The van der Waals surface area contributed by atoms with Gasteiger partial charge in [-0.2, -0.15) is 0 Å². The Balaban J connectivity index is 1.46. The lowest BCUT2D eigenvalue weighted by molar-refractivity contribution is 0.262. The van der Waals surface area contributed by atoms with Gasteiger partial charge in [0.15, 0.2) is 0 Å². The van der Waals surface area contributed by atoms with Crippen molar-refractivity contribution in [1.29, 1.82) is 0 Å². The molecule has 4 rings (SSSR count). The first-order valence-corrected chi connectivity index (χ1v) is 12.7. The minimum Gasteiger partial charge on any atom is -0.437 e. The number of anilines is 3. The number of nitrogens with one attached hydrogen (secondary N) is 2. The zero-order valence-electron chi connectivity index (χ0n) is 19.4. The summed E-state index contributed by atoms with van der Waals surface area (Å²) in [6, 6.07) is 17.4. The van der Waals surface area contributed by atoms with Crippen LogP contribution in [0, 0.1) is 0 Å². The number of carbonyl (C=O) groups is 1. The van der Waals surface area contributed by atoms with Crippen LogP contribution in [0.3, 0.4) is 0 Å². The van der Waals surface area contributed by atoms with Crippen molar-refractivity contribution in [2.75, 3.05) is 27.2 Å². The number of rotatable bonds is 5. The highest BCUT2D eigenvalue weighted by molar-refractivity contribution is 7.93. The third kappa shape index (κ3) is 5.31. The van der Waals surface area contributed by atoms with Crippen LogP contribution in [-0.2, 0) is 15.4 Å². The molecule has 2 heterocycles. The van der Waals surface area contributed by atoms with E-state index in [1.165, 1.54) is 4.31 Å². The standard InChI is InChI=1S/C25H28N4O4S/c1-25(2,3)20-8-4-5-10-22(20)33-23-21(9-6-15-26-23)28-24(30)27-18-11-13-19(14-12-18)29-16-7-17-34(29,31)32/h4-6,8-15H,7,16-17H2,1-3H3,(H2,27,28,30). The van der Waals surface area contributed by atoms with Crippen molar-refractivity contribution in [3.63, 3.8) is 0 Å². The molecule has 3 aromatic rings. The van der Waals surface area contributed by atoms with Gasteiger partial charge < -0.3 is 15.4 Å². The van der Waals surface area contributed by atoms with E-state index in [4.69, 9.17) is 4.74 Å². The Morgan fingerprint density at radius 1 is 1.00 bits per heavy atom. The second-order valence-corrected chi connectivity index (χ2v) is 11.1. The molecule has 1 aliphatic heterocycles. The van der Waals surface area contributed by atoms with Gasteiger partial charge in [0.25, 0.3) is 0 Å². The average molecular weight is 481 g/mol. The average Bonchev–Trinajstić information content (AvgIpc) is 3.14. The Morgan fingerprint density at radius 3 is 2.41 bits per heavy atom. The fourth-order valence-electron chi connectivity index (χ4n) is 3.77. The van der Waals surface area contributed by atoms with Crippen LogP contribution in [0.15, 0.2) is 66.9 Å². The number of hydrogen-bond donors (Lipinski definition) is 2. The second-order valence-electron chi connectivity index (χ2n) is 9.07. The molecule has 1 saturated heterocycles. The summed E-state index contributed by atoms with van der Waals surface area (Å²) in [7, 11) is -3.25. The van der Waals surface area contributed by atoms with Gasteiger partial charge in [0.2, 0.25) is 15.9 Å². The van der Waals surface area contributed by atoms with Crippen LogP contribution in [0.5, 0.6) is 11.6 Å². The number of ether oxygens (including phenoxy) is 1. The van der Waals surface area contributed by atoms with Crippen LogP contribution >= 0.6 is 0 Å². The van der Waals surface area contributed by atoms with Crippen LogP contribution in [0.1, 0.15) is 32.8 Å². The lowest BCUT2D eigenvalue weighted by atomic mass is 9.86. The van der Waals surface area contributed by atoms with E-state index in [1.54, 1.807) is 42.6 Å². The largest absolute Gasteiger partial charge is 0.437 e. The molecule has 0 unspecified atom stereocenters. The van der Waals surface area contributed by atoms with Gasteiger partial charge in [0, 0.05) is 24.0 Å². The molecular weight excluding hydrogens is 452 g/mol. The first-order chi connectivity index (χ1) is 16.1. The Labute approximate surface area is 200 Å². The van der Waals surface area contributed by atoms with Crippen molar-refractivity contribution in [3.8, 4) is 11.6 Å². The maximum atomic E-state index is 12.6. The highest BCUT2D eigenvalue weighted by atomic mass is 32.2. The van der Waals surface area contributed by atoms with Crippen molar-refractivity contribution >= 4 is 33.1 Å². The van der Waals surface area contributed by atoms with Crippen molar-refractivity contribution in [1.82, 2.24) is 4.98 Å². The monoisotopic (exact) mass is 480 g/mol. The Kier molecular flexibility index (Phi) is 6.47. The maximum absolute atomic E-state index is 12.6. The van der Waals surface area contributed by atoms with Crippen LogP contribution < -0.4 is 19.7 Å². The predicted octanol–water partition coefficient (Wildman–Crippen LogP) is 5.36. The fourth-order valence-corrected chi connectivity index (χ4v) is 5.34. The molecular formula is C25H28N4O4S. The van der Waals surface area contributed by atoms with Gasteiger partial charge in [-0.15, -0.1) is 0 Å². The summed E-state index contributed by atoms with van der Waals surface area (Å²) in [6.45, 7) is 6.78. The summed E-state index contributed by atoms with van der Waals surface area (Å²) in [5.74, 6) is 1.11. The molecule has 2 N–H and O–H groups in total. The van der Waals surface area contributed by atoms with Crippen LogP contribution in [-0.4, -0.2) is 31.7 Å². The molecule has 1 fully saturated rings. The van der Waals surface area contributed by atoms with Gasteiger partial charge in [-0.25, -0.2) is 18.2 Å². The molecule has 2 aromatic carbocycles. The SMILES string of the molecule is CC(C)(C)c1ccccc1Oc1ncccc1NC(=O)Nc1ccc(N2CCCS2(=O)=O)cc1. The highest BCUT2D eigenvalue weighted by Crippen LogP contribution is 2.35. The molecule has 34 heavy (non-hydrogen) atoms. The van der Waals surface area contributed by atoms with Gasteiger partial charge in [0.1, 0.15) is 11.4 Å². The van der Waals surface area contributed by atoms with Gasteiger partial charge in [-0.3, -0.25) is 4.31 Å². The first-order valence-electron chi connectivity index (χ1n) is 11.0. The molecule has 0 spiro atoms. The van der Waals surface area contributed by atoms with Crippen molar-refractivity contribution in [2.45, 2.75) is 32.6 Å². The summed E-state index contributed by atoms with van der Waals surface area (Å²) >= 11 is 0. The van der Waals surface area contributed by atoms with Crippen LogP contribution in [0.25, 0.3) is 0 Å². The maximum Gasteiger partial charge on any atom is 0.323 e. The van der Waals surface area contributed by atoms with E-state index >= 15 is 0 Å². The van der Waals surface area contributed by atoms with E-state index in [2.05, 4.69) is 36.4 Å². The first kappa shape index (κ1) is 23.6. The van der Waals surface area contributed by atoms with Crippen molar-refractivity contribution < 1.29 is 17.9 Å². The molecule has 0 aliphatic carbocycles. The molecule has 1 aromatic heterocycles. The zero-order valence-corrected chi connectivity index (χ0v) is 20.2. The number of nitrogens with zero attached hydrogens (tertiary/aromatic N) is 2. The number of benzene rings is 2. The molecule has 0 radical (unpaired) electrons.